The van der Waals surface area contributed by atoms with Gasteiger partial charge in [0.25, 0.3) is 0 Å². The summed E-state index contributed by atoms with van der Waals surface area (Å²) in [4.78, 5) is 2.39. The summed E-state index contributed by atoms with van der Waals surface area (Å²) in [7, 11) is 0. The predicted octanol–water partition coefficient (Wildman–Crippen LogP) is 10.6. The monoisotopic (exact) mass is 485 g/mol. The van der Waals surface area contributed by atoms with Crippen molar-refractivity contribution in [2.45, 2.75) is 6.92 Å². The number of nitrogens with zero attached hydrogens (tertiary/aromatic N) is 1. The second-order valence-corrected chi connectivity index (χ2v) is 9.86. The largest absolute Gasteiger partial charge is 0.310 e. The molecule has 7 aromatic carbocycles. The van der Waals surface area contributed by atoms with Crippen LogP contribution in [0.15, 0.2) is 146 Å². The van der Waals surface area contributed by atoms with Gasteiger partial charge in [-0.3, -0.25) is 0 Å². The van der Waals surface area contributed by atoms with Crippen LogP contribution in [0.4, 0.5) is 17.1 Å². The number of anilines is 3. The summed E-state index contributed by atoms with van der Waals surface area (Å²) in [6.45, 7) is 2.22. The lowest BCUT2D eigenvalue weighted by Gasteiger charge is -2.28. The quantitative estimate of drug-likeness (QED) is 0.224. The second-order valence-electron chi connectivity index (χ2n) is 9.86. The molecule has 0 fully saturated rings. The highest BCUT2D eigenvalue weighted by Crippen LogP contribution is 2.44. The van der Waals surface area contributed by atoms with Crippen LogP contribution in [0.5, 0.6) is 0 Å². The van der Waals surface area contributed by atoms with Crippen molar-refractivity contribution < 1.29 is 0 Å². The minimum Gasteiger partial charge on any atom is -0.310 e. The van der Waals surface area contributed by atoms with E-state index in [2.05, 4.69) is 157 Å². The predicted molar refractivity (Wildman–Crippen MR) is 164 cm³/mol. The molecule has 180 valence electrons. The molecule has 0 unspecified atom stereocenters. The number of aryl methyl sites for hydroxylation is 1. The van der Waals surface area contributed by atoms with Gasteiger partial charge in [0, 0.05) is 16.8 Å². The fourth-order valence-corrected chi connectivity index (χ4v) is 5.74. The maximum Gasteiger partial charge on any atom is 0.0546 e. The molecule has 0 saturated carbocycles. The Morgan fingerprint density at radius 3 is 1.53 bits per heavy atom. The smallest absolute Gasteiger partial charge is 0.0546 e. The van der Waals surface area contributed by atoms with Crippen molar-refractivity contribution in [1.82, 2.24) is 0 Å². The number of fused-ring (bicyclic) bond motifs is 5. The number of hydrogen-bond acceptors (Lipinski definition) is 1. The Hall–Kier alpha value is -4.88. The van der Waals surface area contributed by atoms with Gasteiger partial charge in [-0.25, -0.2) is 0 Å². The van der Waals surface area contributed by atoms with Crippen molar-refractivity contribution in [2.75, 3.05) is 4.90 Å². The van der Waals surface area contributed by atoms with Crippen LogP contribution in [0.2, 0.25) is 0 Å². The van der Waals surface area contributed by atoms with Crippen molar-refractivity contribution >= 4 is 49.4 Å². The van der Waals surface area contributed by atoms with Crippen LogP contribution in [0.1, 0.15) is 5.56 Å². The minimum atomic E-state index is 1.14. The van der Waals surface area contributed by atoms with Crippen molar-refractivity contribution in [2.24, 2.45) is 0 Å². The van der Waals surface area contributed by atoms with Crippen molar-refractivity contribution in [1.29, 1.82) is 0 Å². The molecule has 0 aromatic heterocycles. The number of benzene rings is 7. The molecule has 0 N–H and O–H groups in total. The van der Waals surface area contributed by atoms with E-state index in [-0.39, 0.29) is 0 Å². The fraction of sp³-hybridized carbons (Fsp3) is 0.0270. The maximum absolute atomic E-state index is 2.39. The SMILES string of the molecule is Cc1cc2c3ccccc3c(N(c3ccccc3)c3ccc(-c4ccccc4)cc3)cc2c2ccccc12. The van der Waals surface area contributed by atoms with Crippen LogP contribution in [-0.4, -0.2) is 0 Å². The van der Waals surface area contributed by atoms with Gasteiger partial charge >= 0.3 is 0 Å². The Kier molecular flexibility index (Phi) is 5.41. The lowest BCUT2D eigenvalue weighted by molar-refractivity contribution is 1.30. The number of rotatable bonds is 4. The topological polar surface area (TPSA) is 3.24 Å². The van der Waals surface area contributed by atoms with E-state index >= 15 is 0 Å². The maximum atomic E-state index is 2.39. The molecule has 0 aliphatic rings. The first kappa shape index (κ1) is 22.3. The van der Waals surface area contributed by atoms with Crippen LogP contribution < -0.4 is 4.90 Å². The second kappa shape index (κ2) is 9.21. The molecule has 7 aromatic rings. The van der Waals surface area contributed by atoms with E-state index in [0.29, 0.717) is 0 Å². The van der Waals surface area contributed by atoms with Gasteiger partial charge in [-0.15, -0.1) is 0 Å². The summed E-state index contributed by atoms with van der Waals surface area (Å²) in [6.07, 6.45) is 0. The third-order valence-electron chi connectivity index (χ3n) is 7.56. The molecule has 0 amide bonds. The molecule has 0 aliphatic heterocycles. The molecule has 0 radical (unpaired) electrons. The summed E-state index contributed by atoms with van der Waals surface area (Å²) in [5.41, 5.74) is 7.20. The van der Waals surface area contributed by atoms with E-state index in [1.165, 1.54) is 54.7 Å². The Morgan fingerprint density at radius 2 is 0.842 bits per heavy atom. The number of hydrogen-bond donors (Lipinski definition) is 0. The van der Waals surface area contributed by atoms with Crippen LogP contribution >= 0.6 is 0 Å². The van der Waals surface area contributed by atoms with Crippen LogP contribution in [0, 0.1) is 6.92 Å². The lowest BCUT2D eigenvalue weighted by atomic mass is 9.92. The normalized spacial score (nSPS) is 11.3. The first-order valence-corrected chi connectivity index (χ1v) is 13.1. The molecule has 1 heteroatoms. The lowest BCUT2D eigenvalue weighted by Crippen LogP contribution is -2.10. The highest BCUT2D eigenvalue weighted by atomic mass is 15.1. The Morgan fingerprint density at radius 1 is 0.368 bits per heavy atom. The molecule has 0 spiro atoms. The van der Waals surface area contributed by atoms with Gasteiger partial charge in [0.15, 0.2) is 0 Å². The van der Waals surface area contributed by atoms with Gasteiger partial charge in [0.1, 0.15) is 0 Å². The summed E-state index contributed by atoms with van der Waals surface area (Å²) in [5.74, 6) is 0. The van der Waals surface area contributed by atoms with Gasteiger partial charge in [0.2, 0.25) is 0 Å². The minimum absolute atomic E-state index is 1.14. The first-order valence-electron chi connectivity index (χ1n) is 13.1. The molecule has 7 rings (SSSR count). The molecule has 1 nitrogen and oxygen atoms in total. The van der Waals surface area contributed by atoms with Gasteiger partial charge in [-0.2, -0.15) is 0 Å². The van der Waals surface area contributed by atoms with Crippen molar-refractivity contribution in [3.05, 3.63) is 151 Å². The molecule has 0 bridgehead atoms. The van der Waals surface area contributed by atoms with E-state index in [4.69, 9.17) is 0 Å². The van der Waals surface area contributed by atoms with Crippen LogP contribution in [-0.2, 0) is 0 Å². The molecule has 0 atom stereocenters. The average molecular weight is 486 g/mol. The summed E-state index contributed by atoms with van der Waals surface area (Å²) in [5, 5.41) is 7.69. The summed E-state index contributed by atoms with van der Waals surface area (Å²) >= 11 is 0. The zero-order valence-electron chi connectivity index (χ0n) is 21.3. The standard InChI is InChI=1S/C37H27N/c1-26-24-35-33-18-10-11-19-34(33)37(25-36(35)32-17-9-8-16-31(26)32)38(29-14-6-3-7-15-29)30-22-20-28(21-23-30)27-12-4-2-5-13-27/h2-25H,1H3. The molecule has 0 saturated heterocycles. The molecular weight excluding hydrogens is 458 g/mol. The summed E-state index contributed by atoms with van der Waals surface area (Å²) in [6, 6.07) is 52.5. The zero-order valence-corrected chi connectivity index (χ0v) is 21.3. The Labute approximate surface area is 223 Å². The number of para-hydroxylation sites is 1. The van der Waals surface area contributed by atoms with E-state index in [1.54, 1.807) is 0 Å². The van der Waals surface area contributed by atoms with Crippen LogP contribution in [0.3, 0.4) is 0 Å². The van der Waals surface area contributed by atoms with Gasteiger partial charge < -0.3 is 4.90 Å². The molecule has 38 heavy (non-hydrogen) atoms. The highest BCUT2D eigenvalue weighted by molar-refractivity contribution is 6.22. The third-order valence-corrected chi connectivity index (χ3v) is 7.56. The van der Waals surface area contributed by atoms with Gasteiger partial charge in [-0.05, 0) is 80.9 Å². The Bertz CT molecular complexity index is 1900. The highest BCUT2D eigenvalue weighted by Gasteiger charge is 2.18. The van der Waals surface area contributed by atoms with Gasteiger partial charge in [0.05, 0.1) is 5.69 Å². The fourth-order valence-electron chi connectivity index (χ4n) is 5.74. The third kappa shape index (κ3) is 3.72. The molecule has 0 heterocycles. The van der Waals surface area contributed by atoms with Gasteiger partial charge in [-0.1, -0.05) is 115 Å². The van der Waals surface area contributed by atoms with Crippen molar-refractivity contribution in [3.8, 4) is 11.1 Å². The van der Waals surface area contributed by atoms with Crippen LogP contribution in [0.25, 0.3) is 43.4 Å². The zero-order chi connectivity index (χ0) is 25.5. The molecule has 0 aliphatic carbocycles. The van der Waals surface area contributed by atoms with E-state index in [1.807, 2.05) is 0 Å². The summed E-state index contributed by atoms with van der Waals surface area (Å²) < 4.78 is 0. The van der Waals surface area contributed by atoms with E-state index in [9.17, 15) is 0 Å². The molecular formula is C37H27N. The Balaban J connectivity index is 1.52. The van der Waals surface area contributed by atoms with Crippen molar-refractivity contribution in [3.63, 3.8) is 0 Å². The average Bonchev–Trinajstić information content (AvgIpc) is 2.99. The first-order chi connectivity index (χ1) is 18.8. The van der Waals surface area contributed by atoms with E-state index in [0.717, 1.165) is 11.4 Å². The van der Waals surface area contributed by atoms with E-state index < -0.39 is 0 Å².